The van der Waals surface area contributed by atoms with Crippen molar-refractivity contribution in [3.8, 4) is 11.5 Å². The van der Waals surface area contributed by atoms with Crippen molar-refractivity contribution < 1.29 is 29.0 Å². The molecule has 2 N–H and O–H groups in total. The molecule has 4 aliphatic rings. The van der Waals surface area contributed by atoms with Gasteiger partial charge in [0.15, 0.2) is 23.1 Å². The van der Waals surface area contributed by atoms with E-state index in [1.165, 1.54) is 19.3 Å². The molecule has 0 radical (unpaired) electrons. The molecule has 2 amide bonds. The molecule has 4 atom stereocenters. The van der Waals surface area contributed by atoms with E-state index in [1.54, 1.807) is 19.1 Å². The van der Waals surface area contributed by atoms with Gasteiger partial charge in [-0.1, -0.05) is 17.7 Å². The van der Waals surface area contributed by atoms with Crippen LogP contribution in [0.25, 0.3) is 0 Å². The lowest BCUT2D eigenvalue weighted by molar-refractivity contribution is -0.126. The summed E-state index contributed by atoms with van der Waals surface area (Å²) < 4.78 is 5.26. The van der Waals surface area contributed by atoms with Gasteiger partial charge < -0.3 is 9.84 Å². The van der Waals surface area contributed by atoms with Crippen molar-refractivity contribution in [3.05, 3.63) is 58.2 Å². The lowest BCUT2D eigenvalue weighted by atomic mass is 9.59. The Balaban J connectivity index is 1.73. The van der Waals surface area contributed by atoms with E-state index in [9.17, 15) is 24.3 Å². The SMILES string of the molecule is COc1cc([C@H]2C3=CC[C@@H]4C(=O)NC(=O)[C@@H]4[C@@H]3CC3=C2C(=O)C(C)=CC3=O)ccc1O. The van der Waals surface area contributed by atoms with E-state index < -0.39 is 17.8 Å². The number of aromatic hydroxyl groups is 1. The molecule has 1 aromatic carbocycles. The predicted octanol–water partition coefficient (Wildman–Crippen LogP) is 2.12. The molecule has 1 fully saturated rings. The van der Waals surface area contributed by atoms with Gasteiger partial charge in [0.25, 0.3) is 0 Å². The van der Waals surface area contributed by atoms with E-state index in [4.69, 9.17) is 4.74 Å². The van der Waals surface area contributed by atoms with Crippen LogP contribution in [0.3, 0.4) is 0 Å². The van der Waals surface area contributed by atoms with Gasteiger partial charge in [-0.15, -0.1) is 0 Å². The zero-order valence-electron chi connectivity index (χ0n) is 17.1. The molecule has 0 saturated carbocycles. The van der Waals surface area contributed by atoms with Gasteiger partial charge in [0.1, 0.15) is 0 Å². The van der Waals surface area contributed by atoms with Gasteiger partial charge in [-0.05, 0) is 49.5 Å². The standard InChI is InChI=1S/C24H21NO6/c1-10-7-17(27)15-9-14-12(4-5-13-20(14)24(30)25-23(13)29)19(21(15)22(10)28)11-3-6-16(26)18(8-11)31-2/h3-4,6-8,13-14,19-20,26H,5,9H2,1-2H3,(H,25,29,30)/t13-,14+,19-,20-/m0/s1. The third kappa shape index (κ3) is 2.72. The number of fused-ring (bicyclic) bond motifs is 3. The summed E-state index contributed by atoms with van der Waals surface area (Å²) in [7, 11) is 1.44. The van der Waals surface area contributed by atoms with Gasteiger partial charge >= 0.3 is 0 Å². The number of allylic oxidation sites excluding steroid dienone is 6. The van der Waals surface area contributed by atoms with Gasteiger partial charge in [0.2, 0.25) is 11.8 Å². The molecule has 1 aromatic rings. The van der Waals surface area contributed by atoms with Gasteiger partial charge in [0, 0.05) is 22.6 Å². The largest absolute Gasteiger partial charge is 0.504 e. The van der Waals surface area contributed by atoms with Crippen molar-refractivity contribution in [3.63, 3.8) is 0 Å². The monoisotopic (exact) mass is 419 g/mol. The fraction of sp³-hybridized carbons (Fsp3) is 0.333. The fourth-order valence-corrected chi connectivity index (χ4v) is 5.53. The maximum Gasteiger partial charge on any atom is 0.231 e. The number of carbonyl (C=O) groups is 4. The second kappa shape index (κ2) is 6.77. The normalized spacial score (nSPS) is 29.6. The second-order valence-corrected chi connectivity index (χ2v) is 8.51. The van der Waals surface area contributed by atoms with Gasteiger partial charge in [-0.25, -0.2) is 0 Å². The van der Waals surface area contributed by atoms with Crippen molar-refractivity contribution in [2.24, 2.45) is 17.8 Å². The lowest BCUT2D eigenvalue weighted by Gasteiger charge is -2.42. The molecule has 0 aromatic heterocycles. The number of carbonyl (C=O) groups excluding carboxylic acids is 4. The van der Waals surface area contributed by atoms with Crippen LogP contribution in [0.15, 0.2) is 52.6 Å². The third-order valence-corrected chi connectivity index (χ3v) is 6.94. The highest BCUT2D eigenvalue weighted by atomic mass is 16.5. The van der Waals surface area contributed by atoms with E-state index in [-0.39, 0.29) is 47.2 Å². The van der Waals surface area contributed by atoms with Crippen molar-refractivity contribution in [2.75, 3.05) is 7.11 Å². The minimum Gasteiger partial charge on any atom is -0.504 e. The quantitative estimate of drug-likeness (QED) is 0.432. The van der Waals surface area contributed by atoms with E-state index in [0.717, 1.165) is 5.57 Å². The Bertz CT molecular complexity index is 1170. The number of Topliss-reactive ketones (excluding diaryl/α,β-unsaturated/α-hetero) is 1. The first-order chi connectivity index (χ1) is 14.8. The Hall–Kier alpha value is -3.48. The molecule has 5 rings (SSSR count). The minimum atomic E-state index is -0.557. The topological polar surface area (TPSA) is 110 Å². The number of methoxy groups -OCH3 is 1. The molecular weight excluding hydrogens is 398 g/mol. The minimum absolute atomic E-state index is 0.0339. The van der Waals surface area contributed by atoms with Crippen LogP contribution in [0, 0.1) is 17.8 Å². The number of ketones is 2. The second-order valence-electron chi connectivity index (χ2n) is 8.51. The van der Waals surface area contributed by atoms with E-state index in [0.29, 0.717) is 28.7 Å². The number of ether oxygens (including phenoxy) is 1. The Kier molecular flexibility index (Phi) is 4.25. The number of hydrogen-bond donors (Lipinski definition) is 2. The van der Waals surface area contributed by atoms with Crippen molar-refractivity contribution in [2.45, 2.75) is 25.7 Å². The number of benzene rings is 1. The lowest BCUT2D eigenvalue weighted by Crippen LogP contribution is -2.39. The summed E-state index contributed by atoms with van der Waals surface area (Å²) in [5.74, 6) is -2.71. The van der Waals surface area contributed by atoms with E-state index >= 15 is 0 Å². The average molecular weight is 419 g/mol. The Morgan fingerprint density at radius 2 is 1.87 bits per heavy atom. The molecule has 1 saturated heterocycles. The summed E-state index contributed by atoms with van der Waals surface area (Å²) in [4.78, 5) is 51.0. The molecule has 7 heteroatoms. The molecule has 0 spiro atoms. The highest BCUT2D eigenvalue weighted by Gasteiger charge is 2.53. The van der Waals surface area contributed by atoms with Crippen molar-refractivity contribution in [1.29, 1.82) is 0 Å². The summed E-state index contributed by atoms with van der Waals surface area (Å²) in [6.45, 7) is 1.62. The van der Waals surface area contributed by atoms with Crippen molar-refractivity contribution in [1.82, 2.24) is 5.32 Å². The summed E-state index contributed by atoms with van der Waals surface area (Å²) >= 11 is 0. The Morgan fingerprint density at radius 1 is 1.10 bits per heavy atom. The molecular formula is C24H21NO6. The van der Waals surface area contributed by atoms with Gasteiger partial charge in [-0.2, -0.15) is 0 Å². The summed E-state index contributed by atoms with van der Waals surface area (Å²) in [5.41, 5.74) is 2.76. The number of imide groups is 1. The molecule has 7 nitrogen and oxygen atoms in total. The number of rotatable bonds is 2. The van der Waals surface area contributed by atoms with Crippen LogP contribution in [0.1, 0.15) is 31.2 Å². The first kappa shape index (κ1) is 19.5. The molecule has 31 heavy (non-hydrogen) atoms. The molecule has 0 bridgehead atoms. The van der Waals surface area contributed by atoms with Crippen molar-refractivity contribution >= 4 is 23.4 Å². The van der Waals surface area contributed by atoms with Crippen LogP contribution < -0.4 is 10.1 Å². The van der Waals surface area contributed by atoms with E-state index in [2.05, 4.69) is 5.32 Å². The molecule has 1 aliphatic heterocycles. The first-order valence-corrected chi connectivity index (χ1v) is 10.2. The molecule has 3 aliphatic carbocycles. The van der Waals surface area contributed by atoms with Crippen LogP contribution >= 0.6 is 0 Å². The summed E-state index contributed by atoms with van der Waals surface area (Å²) in [5, 5.41) is 12.5. The third-order valence-electron chi connectivity index (χ3n) is 6.94. The van der Waals surface area contributed by atoms with Gasteiger partial charge in [-0.3, -0.25) is 24.5 Å². The summed E-state index contributed by atoms with van der Waals surface area (Å²) in [6, 6.07) is 4.85. The fourth-order valence-electron chi connectivity index (χ4n) is 5.53. The highest BCUT2D eigenvalue weighted by Crippen LogP contribution is 2.54. The molecule has 158 valence electrons. The first-order valence-electron chi connectivity index (χ1n) is 10.2. The maximum absolute atomic E-state index is 13.2. The number of phenolic OH excluding ortho intramolecular Hbond substituents is 1. The number of hydrogen-bond acceptors (Lipinski definition) is 6. The highest BCUT2D eigenvalue weighted by molar-refractivity contribution is 6.23. The summed E-state index contributed by atoms with van der Waals surface area (Å²) in [6.07, 6.45) is 3.95. The maximum atomic E-state index is 13.2. The van der Waals surface area contributed by atoms with E-state index in [1.807, 2.05) is 6.08 Å². The Labute approximate surface area is 178 Å². The number of phenols is 1. The van der Waals surface area contributed by atoms with Crippen LogP contribution in [-0.2, 0) is 19.2 Å². The smallest absolute Gasteiger partial charge is 0.231 e. The van der Waals surface area contributed by atoms with Crippen LogP contribution in [0.4, 0.5) is 0 Å². The van der Waals surface area contributed by atoms with Crippen LogP contribution in [-0.4, -0.2) is 35.6 Å². The van der Waals surface area contributed by atoms with Crippen LogP contribution in [0.5, 0.6) is 11.5 Å². The number of amides is 2. The molecule has 1 heterocycles. The zero-order chi connectivity index (χ0) is 22.0. The molecule has 0 unspecified atom stereocenters. The van der Waals surface area contributed by atoms with Gasteiger partial charge in [0.05, 0.1) is 18.9 Å². The van der Waals surface area contributed by atoms with Crippen LogP contribution in [0.2, 0.25) is 0 Å². The zero-order valence-corrected chi connectivity index (χ0v) is 17.1. The average Bonchev–Trinajstić information content (AvgIpc) is 3.05. The number of nitrogens with one attached hydrogen (secondary N) is 1. The predicted molar refractivity (Wildman–Crippen MR) is 109 cm³/mol. The Morgan fingerprint density at radius 3 is 2.61 bits per heavy atom.